The molecule has 1 amide bonds. The molecule has 28 heavy (non-hydrogen) atoms. The van der Waals surface area contributed by atoms with Crippen molar-refractivity contribution >= 4 is 34.0 Å². The van der Waals surface area contributed by atoms with Gasteiger partial charge >= 0.3 is 0 Å². The van der Waals surface area contributed by atoms with Crippen molar-refractivity contribution in [2.45, 2.75) is 57.8 Å². The van der Waals surface area contributed by atoms with Crippen LogP contribution in [0, 0.1) is 0 Å². The Labute approximate surface area is 167 Å². The van der Waals surface area contributed by atoms with Crippen LogP contribution in [0.25, 0.3) is 11.0 Å². The molecule has 0 aliphatic heterocycles. The molecule has 3 aromatic rings. The average molecular weight is 401 g/mol. The number of amides is 1. The topological polar surface area (TPSA) is 105 Å². The Morgan fingerprint density at radius 3 is 3.00 bits per heavy atom. The standard InChI is InChI=1S/C19H24N6O2S/c1-2-25-18-14(10-23-25)17(24-12-4-3-5-13(26)8-12)15(9-21-18)19(27)22-11-16-20-6-7-28-16/h6-7,9-10,12-13,26H,2-5,8,11H2,1H3,(H,21,24)(H,22,27)/t12-,13+/m1/s1. The highest BCUT2D eigenvalue weighted by Gasteiger charge is 2.24. The van der Waals surface area contributed by atoms with E-state index in [1.807, 2.05) is 17.0 Å². The van der Waals surface area contributed by atoms with Crippen LogP contribution in [-0.4, -0.2) is 42.9 Å². The Hall–Kier alpha value is -2.52. The highest BCUT2D eigenvalue weighted by atomic mass is 32.1. The molecule has 148 valence electrons. The number of aliphatic hydroxyl groups excluding tert-OH is 1. The molecule has 9 heteroatoms. The fourth-order valence-electron chi connectivity index (χ4n) is 3.68. The SMILES string of the molecule is CCn1ncc2c(N[C@@H]3CCC[C@H](O)C3)c(C(=O)NCc3nccs3)cnc21. The highest BCUT2D eigenvalue weighted by Crippen LogP contribution is 2.30. The Kier molecular flexibility index (Phi) is 5.54. The zero-order chi connectivity index (χ0) is 19.5. The number of hydrogen-bond donors (Lipinski definition) is 3. The lowest BCUT2D eigenvalue weighted by Crippen LogP contribution is -2.31. The number of nitrogens with zero attached hydrogens (tertiary/aromatic N) is 4. The summed E-state index contributed by atoms with van der Waals surface area (Å²) in [7, 11) is 0. The summed E-state index contributed by atoms with van der Waals surface area (Å²) in [6, 6.07) is 0.116. The van der Waals surface area contributed by atoms with Crippen LogP contribution in [0.3, 0.4) is 0 Å². The summed E-state index contributed by atoms with van der Waals surface area (Å²) in [6.45, 7) is 3.09. The van der Waals surface area contributed by atoms with Crippen LogP contribution >= 0.6 is 11.3 Å². The third-order valence-corrected chi connectivity index (χ3v) is 5.87. The van der Waals surface area contributed by atoms with Gasteiger partial charge in [-0.2, -0.15) is 5.10 Å². The quantitative estimate of drug-likeness (QED) is 0.587. The van der Waals surface area contributed by atoms with Crippen molar-refractivity contribution in [2.24, 2.45) is 0 Å². The Morgan fingerprint density at radius 2 is 2.25 bits per heavy atom. The molecule has 0 aromatic carbocycles. The van der Waals surface area contributed by atoms with E-state index in [0.717, 1.165) is 41.0 Å². The lowest BCUT2D eigenvalue weighted by Gasteiger charge is -2.28. The van der Waals surface area contributed by atoms with E-state index in [-0.39, 0.29) is 18.1 Å². The molecule has 2 atom stereocenters. The molecule has 0 bridgehead atoms. The number of hydrogen-bond acceptors (Lipinski definition) is 7. The number of aliphatic hydroxyl groups is 1. The summed E-state index contributed by atoms with van der Waals surface area (Å²) in [4.78, 5) is 21.6. The number of nitrogens with one attached hydrogen (secondary N) is 2. The summed E-state index contributed by atoms with van der Waals surface area (Å²) in [6.07, 6.45) is 8.21. The Bertz CT molecular complexity index is 955. The van der Waals surface area contributed by atoms with Gasteiger partial charge in [-0.3, -0.25) is 4.79 Å². The molecule has 1 aliphatic rings. The molecule has 0 radical (unpaired) electrons. The zero-order valence-corrected chi connectivity index (χ0v) is 16.6. The predicted octanol–water partition coefficient (Wildman–Crippen LogP) is 2.55. The van der Waals surface area contributed by atoms with Crippen molar-refractivity contribution in [3.63, 3.8) is 0 Å². The minimum atomic E-state index is -0.302. The molecule has 8 nitrogen and oxygen atoms in total. The molecule has 1 fully saturated rings. The van der Waals surface area contributed by atoms with Crippen molar-refractivity contribution in [3.05, 3.63) is 34.5 Å². The second kappa shape index (κ2) is 8.24. The number of rotatable bonds is 6. The summed E-state index contributed by atoms with van der Waals surface area (Å²) in [5.74, 6) is -0.201. The van der Waals surface area contributed by atoms with Crippen molar-refractivity contribution < 1.29 is 9.90 Å². The number of carbonyl (C=O) groups excluding carboxylic acids is 1. The van der Waals surface area contributed by atoms with Crippen LogP contribution in [-0.2, 0) is 13.1 Å². The summed E-state index contributed by atoms with van der Waals surface area (Å²) < 4.78 is 1.81. The van der Waals surface area contributed by atoms with E-state index in [0.29, 0.717) is 25.1 Å². The van der Waals surface area contributed by atoms with Gasteiger partial charge in [0.1, 0.15) is 5.01 Å². The third kappa shape index (κ3) is 3.85. The minimum Gasteiger partial charge on any atom is -0.393 e. The molecular weight excluding hydrogens is 376 g/mol. The van der Waals surface area contributed by atoms with Gasteiger partial charge in [-0.15, -0.1) is 11.3 Å². The molecular formula is C19H24N6O2S. The third-order valence-electron chi connectivity index (χ3n) is 5.09. The lowest BCUT2D eigenvalue weighted by molar-refractivity contribution is 0.0951. The number of fused-ring (bicyclic) bond motifs is 1. The van der Waals surface area contributed by atoms with Gasteiger partial charge in [0.25, 0.3) is 5.91 Å². The van der Waals surface area contributed by atoms with Crippen molar-refractivity contribution in [3.8, 4) is 0 Å². The molecule has 3 N–H and O–H groups in total. The molecule has 1 aliphatic carbocycles. The first-order chi connectivity index (χ1) is 13.7. The number of thiazole rings is 1. The fraction of sp³-hybridized carbons (Fsp3) is 0.474. The van der Waals surface area contributed by atoms with E-state index in [1.165, 1.54) is 11.3 Å². The van der Waals surface area contributed by atoms with Gasteiger partial charge in [-0.1, -0.05) is 0 Å². The normalized spacial score (nSPS) is 19.6. The molecule has 4 rings (SSSR count). The van der Waals surface area contributed by atoms with Crippen molar-refractivity contribution in [1.82, 2.24) is 25.1 Å². The maximum Gasteiger partial charge on any atom is 0.255 e. The summed E-state index contributed by atoms with van der Waals surface area (Å²) in [5, 5.41) is 24.4. The van der Waals surface area contributed by atoms with Crippen LogP contribution in [0.2, 0.25) is 0 Å². The fourth-order valence-corrected chi connectivity index (χ4v) is 4.23. The Balaban J connectivity index is 1.65. The van der Waals surface area contributed by atoms with Gasteiger partial charge in [-0.05, 0) is 32.6 Å². The first-order valence-corrected chi connectivity index (χ1v) is 10.5. The number of pyridine rings is 1. The lowest BCUT2D eigenvalue weighted by atomic mass is 9.92. The molecule has 0 unspecified atom stereocenters. The van der Waals surface area contributed by atoms with Crippen molar-refractivity contribution in [1.29, 1.82) is 0 Å². The summed E-state index contributed by atoms with van der Waals surface area (Å²) >= 11 is 1.50. The van der Waals surface area contributed by atoms with E-state index in [4.69, 9.17) is 0 Å². The van der Waals surface area contributed by atoms with Crippen LogP contribution in [0.5, 0.6) is 0 Å². The average Bonchev–Trinajstić information content (AvgIpc) is 3.36. The largest absolute Gasteiger partial charge is 0.393 e. The molecule has 1 saturated carbocycles. The highest BCUT2D eigenvalue weighted by molar-refractivity contribution is 7.09. The van der Waals surface area contributed by atoms with E-state index in [2.05, 4.69) is 25.7 Å². The molecule has 3 aromatic heterocycles. The number of anilines is 1. The molecule has 0 saturated heterocycles. The van der Waals surface area contributed by atoms with Gasteiger partial charge < -0.3 is 15.7 Å². The number of aryl methyl sites for hydroxylation is 1. The van der Waals surface area contributed by atoms with E-state index in [9.17, 15) is 9.90 Å². The van der Waals surface area contributed by atoms with Gasteiger partial charge in [0, 0.05) is 30.4 Å². The molecule has 0 spiro atoms. The monoisotopic (exact) mass is 400 g/mol. The van der Waals surface area contributed by atoms with Gasteiger partial charge in [-0.25, -0.2) is 14.6 Å². The van der Waals surface area contributed by atoms with Gasteiger partial charge in [0.05, 0.1) is 35.5 Å². The van der Waals surface area contributed by atoms with E-state index < -0.39 is 0 Å². The Morgan fingerprint density at radius 1 is 1.36 bits per heavy atom. The van der Waals surface area contributed by atoms with Crippen LogP contribution in [0.4, 0.5) is 5.69 Å². The second-order valence-corrected chi connectivity index (χ2v) is 7.99. The first-order valence-electron chi connectivity index (χ1n) is 9.61. The van der Waals surface area contributed by atoms with Crippen LogP contribution in [0.15, 0.2) is 24.0 Å². The number of aromatic nitrogens is 4. The second-order valence-electron chi connectivity index (χ2n) is 7.01. The smallest absolute Gasteiger partial charge is 0.255 e. The van der Waals surface area contributed by atoms with Crippen LogP contribution in [0.1, 0.15) is 48.0 Å². The van der Waals surface area contributed by atoms with Gasteiger partial charge in [0.2, 0.25) is 0 Å². The van der Waals surface area contributed by atoms with Crippen LogP contribution < -0.4 is 10.6 Å². The summed E-state index contributed by atoms with van der Waals surface area (Å²) in [5.41, 5.74) is 1.97. The van der Waals surface area contributed by atoms with Gasteiger partial charge in [0.15, 0.2) is 5.65 Å². The minimum absolute atomic E-state index is 0.116. The number of carbonyl (C=O) groups is 1. The van der Waals surface area contributed by atoms with E-state index in [1.54, 1.807) is 18.6 Å². The first kappa shape index (κ1) is 18.8. The van der Waals surface area contributed by atoms with E-state index >= 15 is 0 Å². The molecule has 3 heterocycles. The maximum atomic E-state index is 12.9. The zero-order valence-electron chi connectivity index (χ0n) is 15.8. The predicted molar refractivity (Wildman–Crippen MR) is 108 cm³/mol. The van der Waals surface area contributed by atoms with Crippen molar-refractivity contribution in [2.75, 3.05) is 5.32 Å². The maximum absolute atomic E-state index is 12.9.